The van der Waals surface area contributed by atoms with Crippen LogP contribution < -0.4 is 0 Å². The van der Waals surface area contributed by atoms with Crippen molar-refractivity contribution in [2.75, 3.05) is 0 Å². The summed E-state index contributed by atoms with van der Waals surface area (Å²) in [6, 6.07) is 0. The maximum Gasteiger partial charge on any atom is 0.127 e. The van der Waals surface area contributed by atoms with E-state index in [1.165, 1.54) is 0 Å². The van der Waals surface area contributed by atoms with Crippen LogP contribution in [0.15, 0.2) is 0 Å². The Kier molecular flexibility index (Phi) is 1.69. The molecule has 0 saturated carbocycles. The first-order valence-electron chi connectivity index (χ1n) is 0.999. The SMILES string of the molecule is [3H]S(O)(=P)=P. The van der Waals surface area contributed by atoms with Crippen molar-refractivity contribution in [3.05, 3.63) is 0 Å². The van der Waals surface area contributed by atoms with Crippen molar-refractivity contribution in [2.45, 2.75) is 0 Å². The van der Waals surface area contributed by atoms with Gasteiger partial charge in [0.1, 0.15) is 1.12 Å². The van der Waals surface area contributed by atoms with E-state index in [0.29, 0.717) is 0 Å². The van der Waals surface area contributed by atoms with E-state index in [9.17, 15) is 0 Å². The van der Waals surface area contributed by atoms with E-state index in [-0.39, 0.29) is 0 Å². The van der Waals surface area contributed by atoms with Crippen molar-refractivity contribution in [1.82, 2.24) is 0 Å². The van der Waals surface area contributed by atoms with Gasteiger partial charge < -0.3 is 4.55 Å². The summed E-state index contributed by atoms with van der Waals surface area (Å²) in [5, 5.41) is 0. The molecule has 0 atom stereocenters. The maximum atomic E-state index is 8.10. The Labute approximate surface area is 32.0 Å². The Bertz CT molecular complexity index is 92.8. The number of rotatable bonds is 0. The minimum Gasteiger partial charge on any atom is -0.340 e. The van der Waals surface area contributed by atoms with Crippen LogP contribution in [0.4, 0.5) is 0 Å². The van der Waals surface area contributed by atoms with Crippen LogP contribution in [0, 0.1) is 0 Å². The molecule has 0 aromatic carbocycles. The second-order valence-corrected chi connectivity index (χ2v) is 4.40. The van der Waals surface area contributed by atoms with Crippen molar-refractivity contribution < 1.29 is 4.55 Å². The predicted octanol–water partition coefficient (Wildman–Crippen LogP) is 0.926. The molecule has 0 aliphatic rings. The number of hydrogen-bond acceptors (Lipinski definition) is 0. The monoisotopic (exact) mass is 116 g/mol. The molecule has 0 fully saturated rings. The molecular formula is H4OP2S. The van der Waals surface area contributed by atoms with Gasteiger partial charge in [-0.25, -0.2) is 0 Å². The quantitative estimate of drug-likeness (QED) is 0.356. The summed E-state index contributed by atoms with van der Waals surface area (Å²) in [4.78, 5) is 0. The molecule has 0 radical (unpaired) electrons. The maximum absolute atomic E-state index is 8.10. The molecule has 0 heterocycles. The van der Waals surface area contributed by atoms with Gasteiger partial charge in [0.2, 0.25) is 0 Å². The third-order valence-corrected chi connectivity index (χ3v) is 0. The van der Waals surface area contributed by atoms with E-state index < -0.39 is 9.44 Å². The second-order valence-electron chi connectivity index (χ2n) is 0.285. The molecule has 0 aromatic rings. The standard InChI is InChI=1S/H4OP2S/c1-4(2)3/h1-4H/i4T. The van der Waals surface area contributed by atoms with E-state index >= 15 is 0 Å². The minimum absolute atomic E-state index is 2.31. The van der Waals surface area contributed by atoms with E-state index in [4.69, 9.17) is 5.68 Å². The fourth-order valence-electron chi connectivity index (χ4n) is 0. The zero-order chi connectivity index (χ0) is 4.50. The van der Waals surface area contributed by atoms with Crippen molar-refractivity contribution in [3.63, 3.8) is 0 Å². The van der Waals surface area contributed by atoms with Crippen LogP contribution >= 0.6 is 16.0 Å². The summed E-state index contributed by atoms with van der Waals surface area (Å²) < 4.78 is 14.5. The lowest BCUT2D eigenvalue weighted by molar-refractivity contribution is 0.671. The molecule has 0 spiro atoms. The largest absolute Gasteiger partial charge is 0.340 e. The van der Waals surface area contributed by atoms with Crippen LogP contribution in [0.25, 0.3) is 0 Å². The first-order chi connectivity index (χ1) is 2.00. The lowest BCUT2D eigenvalue weighted by Gasteiger charge is -1.56. The van der Waals surface area contributed by atoms with Crippen LogP contribution in [0.5, 0.6) is 0 Å². The third kappa shape index (κ3) is 12.8. The average molecular weight is 116 g/mol. The van der Waals surface area contributed by atoms with E-state index in [1.54, 1.807) is 0 Å². The number of hydrogen-bond donors (Lipinski definition) is 2. The number of thiol groups is 1. The van der Waals surface area contributed by atoms with Crippen LogP contribution in [0.3, 0.4) is 0 Å². The molecule has 1 nitrogen and oxygen atoms in total. The van der Waals surface area contributed by atoms with Crippen molar-refractivity contribution in [1.29, 1.82) is 1.12 Å². The highest BCUT2D eigenvalue weighted by Crippen LogP contribution is 1.70. The van der Waals surface area contributed by atoms with Gasteiger partial charge in [-0.15, -0.1) is 0 Å². The van der Waals surface area contributed by atoms with Crippen LogP contribution in [0.2, 0.25) is 0 Å². The molecule has 4 heavy (non-hydrogen) atoms. The molecule has 0 aliphatic carbocycles. The smallest absolute Gasteiger partial charge is 0.127 e. The molecule has 0 aromatic heterocycles. The molecule has 1 N–H and O–H groups in total. The van der Waals surface area contributed by atoms with Gasteiger partial charge in [0.25, 0.3) is 0 Å². The Hall–Kier alpha value is 0.910. The Morgan fingerprint density at radius 1 is 2.00 bits per heavy atom. The minimum atomic E-state index is -2.31. The summed E-state index contributed by atoms with van der Waals surface area (Å²) in [7, 11) is 2.97. The van der Waals surface area contributed by atoms with E-state index in [0.717, 1.165) is 0 Å². The fourth-order valence-corrected chi connectivity index (χ4v) is 0. The fraction of sp³-hybridized carbons (Fsp3) is 0. The van der Waals surface area contributed by atoms with Gasteiger partial charge in [0.15, 0.2) is 0 Å². The molecular weight excluding hydrogens is 110 g/mol. The van der Waals surface area contributed by atoms with Gasteiger partial charge >= 0.3 is 0 Å². The Morgan fingerprint density at radius 2 is 2.00 bits per heavy atom. The zero-order valence-electron chi connectivity index (χ0n) is 2.86. The second kappa shape index (κ2) is 2.17. The highest BCUT2D eigenvalue weighted by Gasteiger charge is 1.28. The normalized spacial score (nSPS) is 14.8. The lowest BCUT2D eigenvalue weighted by Crippen LogP contribution is -1.37. The summed E-state index contributed by atoms with van der Waals surface area (Å²) in [6.45, 7) is 0. The van der Waals surface area contributed by atoms with Gasteiger partial charge in [-0.3, -0.25) is 0 Å². The zero-order valence-corrected chi connectivity index (χ0v) is 4.67. The van der Waals surface area contributed by atoms with Gasteiger partial charge in [0.05, 0.1) is 0 Å². The Balaban J connectivity index is 4.06. The third-order valence-electron chi connectivity index (χ3n) is 0. The first kappa shape index (κ1) is 3.11. The molecule has 0 rings (SSSR count). The molecule has 0 amide bonds. The molecule has 0 saturated heterocycles. The summed E-state index contributed by atoms with van der Waals surface area (Å²) in [5.41, 5.74) is 0. The Morgan fingerprint density at radius 3 is 2.00 bits per heavy atom. The average Bonchev–Trinajstić information content (AvgIpc) is 0.722. The van der Waals surface area contributed by atoms with Crippen molar-refractivity contribution >= 4 is 25.5 Å². The highest BCUT2D eigenvalue weighted by atomic mass is 32.7. The van der Waals surface area contributed by atoms with Crippen molar-refractivity contribution in [2.24, 2.45) is 0 Å². The van der Waals surface area contributed by atoms with E-state index in [1.807, 2.05) is 0 Å². The van der Waals surface area contributed by atoms with Gasteiger partial charge in [-0.2, -0.15) is 0 Å². The molecule has 0 unspecified atom stereocenters. The molecule has 4 heteroatoms. The predicted molar refractivity (Wildman–Crippen MR) is 28.0 cm³/mol. The summed E-state index contributed by atoms with van der Waals surface area (Å²) >= 11 is 0. The van der Waals surface area contributed by atoms with Gasteiger partial charge in [0, 0.05) is 0 Å². The lowest BCUT2D eigenvalue weighted by atomic mass is 15.9. The first-order valence-corrected chi connectivity index (χ1v) is 4.22. The molecule has 0 aliphatic heterocycles. The molecule has 0 bridgehead atoms. The van der Waals surface area contributed by atoms with Crippen LogP contribution in [-0.4, -0.2) is 5.68 Å². The van der Waals surface area contributed by atoms with Crippen LogP contribution in [-0.2, 0) is 9.44 Å². The summed E-state index contributed by atoms with van der Waals surface area (Å²) in [6.07, 6.45) is 0. The van der Waals surface area contributed by atoms with Crippen molar-refractivity contribution in [3.8, 4) is 0 Å². The highest BCUT2D eigenvalue weighted by molar-refractivity contribution is 8.25. The summed E-state index contributed by atoms with van der Waals surface area (Å²) in [5.74, 6) is 0. The topological polar surface area (TPSA) is 20.2 Å². The molecule has 26 valence electrons. The van der Waals surface area contributed by atoms with Crippen LogP contribution in [0.1, 0.15) is 0 Å². The van der Waals surface area contributed by atoms with E-state index in [2.05, 4.69) is 16.0 Å². The van der Waals surface area contributed by atoms with Gasteiger partial charge in [-0.05, 0) is 0 Å². The van der Waals surface area contributed by atoms with Gasteiger partial charge in [-0.1, -0.05) is 25.5 Å².